The minimum atomic E-state index is -0.317. The highest BCUT2D eigenvalue weighted by Crippen LogP contribution is 2.29. The lowest BCUT2D eigenvalue weighted by molar-refractivity contribution is -0.117. The SMILES string of the molecule is CCCCCCc1ccc(N2C(=O)CC[C@@H]2C=Cc2ccc(C(=O)OC)s2)cc1. The van der Waals surface area contributed by atoms with Gasteiger partial charge >= 0.3 is 5.97 Å². The van der Waals surface area contributed by atoms with Gasteiger partial charge in [-0.1, -0.05) is 44.4 Å². The normalized spacial score (nSPS) is 16.7. The van der Waals surface area contributed by atoms with Gasteiger partial charge in [0.2, 0.25) is 5.91 Å². The number of benzene rings is 1. The lowest BCUT2D eigenvalue weighted by atomic mass is 10.1. The predicted molar refractivity (Wildman–Crippen MR) is 119 cm³/mol. The van der Waals surface area contributed by atoms with Crippen LogP contribution in [0.1, 0.15) is 65.6 Å². The number of anilines is 1. The van der Waals surface area contributed by atoms with Crippen LogP contribution < -0.4 is 4.90 Å². The van der Waals surface area contributed by atoms with Gasteiger partial charge in [-0.25, -0.2) is 4.79 Å². The van der Waals surface area contributed by atoms with Gasteiger partial charge in [-0.15, -0.1) is 11.3 Å². The molecular weight excluding hydrogens is 382 g/mol. The fraction of sp³-hybridized carbons (Fsp3) is 0.417. The number of carbonyl (C=O) groups excluding carboxylic acids is 2. The number of rotatable bonds is 9. The maximum Gasteiger partial charge on any atom is 0.348 e. The smallest absolute Gasteiger partial charge is 0.348 e. The minimum Gasteiger partial charge on any atom is -0.465 e. The predicted octanol–water partition coefficient (Wildman–Crippen LogP) is 5.87. The highest BCUT2D eigenvalue weighted by molar-refractivity contribution is 7.14. The quantitative estimate of drug-likeness (QED) is 0.383. The van der Waals surface area contributed by atoms with Gasteiger partial charge < -0.3 is 9.64 Å². The molecule has 2 heterocycles. The molecule has 1 atom stereocenters. The Balaban J connectivity index is 1.65. The second-order valence-electron chi connectivity index (χ2n) is 7.40. The Morgan fingerprint density at radius 3 is 2.69 bits per heavy atom. The molecule has 4 nitrogen and oxygen atoms in total. The zero-order chi connectivity index (χ0) is 20.6. The number of methoxy groups -OCH3 is 1. The molecule has 1 saturated heterocycles. The van der Waals surface area contributed by atoms with E-state index in [0.29, 0.717) is 11.3 Å². The molecular formula is C24H29NO3S. The third kappa shape index (κ3) is 5.57. The molecule has 1 aliphatic heterocycles. The van der Waals surface area contributed by atoms with Crippen molar-refractivity contribution in [3.63, 3.8) is 0 Å². The van der Waals surface area contributed by atoms with Crippen molar-refractivity contribution in [3.05, 3.63) is 57.8 Å². The number of ether oxygens (including phenoxy) is 1. The van der Waals surface area contributed by atoms with E-state index in [1.54, 1.807) is 6.07 Å². The van der Waals surface area contributed by atoms with Crippen LogP contribution in [0.15, 0.2) is 42.5 Å². The van der Waals surface area contributed by atoms with E-state index in [0.717, 1.165) is 23.4 Å². The Hall–Kier alpha value is -2.40. The van der Waals surface area contributed by atoms with Crippen molar-refractivity contribution in [1.29, 1.82) is 0 Å². The summed E-state index contributed by atoms with van der Waals surface area (Å²) in [6, 6.07) is 12.2. The number of hydrogen-bond donors (Lipinski definition) is 0. The average molecular weight is 412 g/mol. The van der Waals surface area contributed by atoms with Crippen LogP contribution in [-0.4, -0.2) is 25.0 Å². The first-order valence-corrected chi connectivity index (χ1v) is 11.2. The molecule has 29 heavy (non-hydrogen) atoms. The molecule has 0 radical (unpaired) electrons. The van der Waals surface area contributed by atoms with Crippen LogP contribution in [0.5, 0.6) is 0 Å². The van der Waals surface area contributed by atoms with Gasteiger partial charge in [0.15, 0.2) is 0 Å². The number of hydrogen-bond acceptors (Lipinski definition) is 4. The Labute approximate surface area is 177 Å². The summed E-state index contributed by atoms with van der Waals surface area (Å²) < 4.78 is 4.76. The van der Waals surface area contributed by atoms with Gasteiger partial charge in [-0.05, 0) is 55.2 Å². The van der Waals surface area contributed by atoms with E-state index < -0.39 is 0 Å². The van der Waals surface area contributed by atoms with Crippen molar-refractivity contribution in [2.45, 2.75) is 57.9 Å². The Bertz CT molecular complexity index is 853. The topological polar surface area (TPSA) is 46.6 Å². The van der Waals surface area contributed by atoms with E-state index in [4.69, 9.17) is 4.74 Å². The van der Waals surface area contributed by atoms with E-state index in [2.05, 4.69) is 37.3 Å². The molecule has 0 spiro atoms. The minimum absolute atomic E-state index is 0.0431. The zero-order valence-electron chi connectivity index (χ0n) is 17.2. The number of nitrogens with zero attached hydrogens (tertiary/aromatic N) is 1. The highest BCUT2D eigenvalue weighted by atomic mass is 32.1. The Morgan fingerprint density at radius 2 is 1.97 bits per heavy atom. The second kappa shape index (κ2) is 10.4. The first-order valence-electron chi connectivity index (χ1n) is 10.4. The van der Waals surface area contributed by atoms with Crippen molar-refractivity contribution in [2.24, 2.45) is 0 Å². The standard InChI is InChI=1S/C24H29NO3S/c1-3-4-5-6-7-18-8-10-19(11-9-18)25-20(13-17-23(25)26)12-14-21-15-16-22(29-21)24(27)28-2/h8-12,14-16,20H,3-7,13,17H2,1-2H3/t20-/m0/s1. The molecule has 154 valence electrons. The number of aryl methyl sites for hydroxylation is 1. The van der Waals surface area contributed by atoms with Crippen LogP contribution in [0.25, 0.3) is 6.08 Å². The maximum atomic E-state index is 12.5. The van der Waals surface area contributed by atoms with E-state index in [9.17, 15) is 9.59 Å². The molecule has 1 aromatic heterocycles. The summed E-state index contributed by atoms with van der Waals surface area (Å²) in [6.07, 6.45) is 11.6. The molecule has 1 aliphatic rings. The number of amides is 1. The van der Waals surface area contributed by atoms with Crippen molar-refractivity contribution in [2.75, 3.05) is 12.0 Å². The molecule has 0 N–H and O–H groups in total. The van der Waals surface area contributed by atoms with Gasteiger partial charge in [0.1, 0.15) is 4.88 Å². The molecule has 0 aliphatic carbocycles. The lowest BCUT2D eigenvalue weighted by Gasteiger charge is -2.22. The molecule has 0 saturated carbocycles. The van der Waals surface area contributed by atoms with E-state index in [-0.39, 0.29) is 17.9 Å². The van der Waals surface area contributed by atoms with Crippen LogP contribution in [0.2, 0.25) is 0 Å². The van der Waals surface area contributed by atoms with E-state index in [1.165, 1.54) is 49.7 Å². The average Bonchev–Trinajstić information content (AvgIpc) is 3.36. The third-order valence-electron chi connectivity index (χ3n) is 5.28. The third-order valence-corrected chi connectivity index (χ3v) is 6.31. The lowest BCUT2D eigenvalue weighted by Crippen LogP contribution is -2.31. The van der Waals surface area contributed by atoms with Gasteiger partial charge in [-0.2, -0.15) is 0 Å². The van der Waals surface area contributed by atoms with E-state index in [1.807, 2.05) is 17.0 Å². The Kier molecular flexibility index (Phi) is 7.64. The van der Waals surface area contributed by atoms with Crippen LogP contribution >= 0.6 is 11.3 Å². The fourth-order valence-corrected chi connectivity index (χ4v) is 4.50. The summed E-state index contributed by atoms with van der Waals surface area (Å²) in [5.74, 6) is -0.154. The van der Waals surface area contributed by atoms with Crippen LogP contribution in [0, 0.1) is 0 Å². The largest absolute Gasteiger partial charge is 0.465 e. The van der Waals surface area contributed by atoms with Crippen LogP contribution in [0.3, 0.4) is 0 Å². The molecule has 1 fully saturated rings. The molecule has 1 aromatic carbocycles. The summed E-state index contributed by atoms with van der Waals surface area (Å²) in [4.78, 5) is 27.6. The summed E-state index contributed by atoms with van der Waals surface area (Å²) in [5, 5.41) is 0. The summed E-state index contributed by atoms with van der Waals surface area (Å²) in [5.41, 5.74) is 2.29. The molecule has 2 aromatic rings. The van der Waals surface area contributed by atoms with Crippen molar-refractivity contribution in [3.8, 4) is 0 Å². The van der Waals surface area contributed by atoms with Gasteiger partial charge in [0, 0.05) is 17.0 Å². The van der Waals surface area contributed by atoms with Gasteiger partial charge in [0.05, 0.1) is 13.2 Å². The second-order valence-corrected chi connectivity index (χ2v) is 8.51. The molecule has 1 amide bonds. The number of carbonyl (C=O) groups is 2. The van der Waals surface area contributed by atoms with E-state index >= 15 is 0 Å². The maximum absolute atomic E-state index is 12.5. The number of thiophene rings is 1. The summed E-state index contributed by atoms with van der Waals surface area (Å²) in [7, 11) is 1.38. The van der Waals surface area contributed by atoms with Crippen LogP contribution in [0.4, 0.5) is 5.69 Å². The molecule has 0 bridgehead atoms. The first-order chi connectivity index (χ1) is 14.1. The summed E-state index contributed by atoms with van der Waals surface area (Å²) >= 11 is 1.39. The van der Waals surface area contributed by atoms with Crippen molar-refractivity contribution >= 4 is 35.0 Å². The van der Waals surface area contributed by atoms with Crippen molar-refractivity contribution in [1.82, 2.24) is 0 Å². The number of unbranched alkanes of at least 4 members (excludes halogenated alkanes) is 3. The highest BCUT2D eigenvalue weighted by Gasteiger charge is 2.30. The fourth-order valence-electron chi connectivity index (χ4n) is 3.66. The van der Waals surface area contributed by atoms with Crippen molar-refractivity contribution < 1.29 is 14.3 Å². The van der Waals surface area contributed by atoms with Crippen LogP contribution in [-0.2, 0) is 16.0 Å². The molecule has 5 heteroatoms. The monoisotopic (exact) mass is 411 g/mol. The zero-order valence-corrected chi connectivity index (χ0v) is 18.0. The summed E-state index contributed by atoms with van der Waals surface area (Å²) in [6.45, 7) is 2.23. The first kappa shape index (κ1) is 21.3. The van der Waals surface area contributed by atoms with Gasteiger partial charge in [0.25, 0.3) is 0 Å². The van der Waals surface area contributed by atoms with Gasteiger partial charge in [-0.3, -0.25) is 4.79 Å². The molecule has 3 rings (SSSR count). The Morgan fingerprint density at radius 1 is 1.17 bits per heavy atom. The molecule has 0 unspecified atom stereocenters. The number of esters is 1.